The van der Waals surface area contributed by atoms with Gasteiger partial charge in [-0.05, 0) is 74.0 Å². The molecule has 9 heteroatoms. The van der Waals surface area contributed by atoms with Crippen molar-refractivity contribution in [3.05, 3.63) is 58.1 Å². The van der Waals surface area contributed by atoms with E-state index in [2.05, 4.69) is 23.1 Å². The molecule has 1 aliphatic carbocycles. The monoisotopic (exact) mass is 484 g/mol. The van der Waals surface area contributed by atoms with E-state index in [1.54, 1.807) is 11.9 Å². The van der Waals surface area contributed by atoms with E-state index in [0.717, 1.165) is 22.1 Å². The van der Waals surface area contributed by atoms with Crippen LogP contribution >= 0.6 is 23.5 Å². The first-order valence-electron chi connectivity index (χ1n) is 10.5. The van der Waals surface area contributed by atoms with Crippen molar-refractivity contribution in [1.82, 2.24) is 4.31 Å². The van der Waals surface area contributed by atoms with Crippen LogP contribution in [-0.2, 0) is 23.8 Å². The molecule has 1 saturated heterocycles. The molecule has 1 aliphatic heterocycles. The standard InChI is InChI=1S/C23H24ClF3N2O2S/c1-13-11-28(17-6-7-19(20(24)10-17)23(25,26)27)12-14(2)29(13)32-21-5-3-4-15-8-16(22(30)31)9-18(15)21/h3-7,10,13-14,16H,8-9,11-12H2,1-2H3,(H,30,31)/t13-,14+,16?. The number of aliphatic carboxylic acids is 1. The molecule has 172 valence electrons. The van der Waals surface area contributed by atoms with Crippen LogP contribution in [-0.4, -0.2) is 40.6 Å². The third-order valence-corrected chi connectivity index (χ3v) is 7.98. The number of carboxylic acids is 1. The summed E-state index contributed by atoms with van der Waals surface area (Å²) in [5.41, 5.74) is 2.06. The van der Waals surface area contributed by atoms with E-state index in [-0.39, 0.29) is 23.0 Å². The summed E-state index contributed by atoms with van der Waals surface area (Å²) >= 11 is 7.57. The van der Waals surface area contributed by atoms with Gasteiger partial charge in [0.15, 0.2) is 0 Å². The smallest absolute Gasteiger partial charge is 0.417 e. The van der Waals surface area contributed by atoms with Gasteiger partial charge in [0, 0.05) is 35.8 Å². The molecule has 1 heterocycles. The van der Waals surface area contributed by atoms with Crippen LogP contribution in [0.25, 0.3) is 0 Å². The predicted octanol–water partition coefficient (Wildman–Crippen LogP) is 5.76. The summed E-state index contributed by atoms with van der Waals surface area (Å²) in [6.07, 6.45) is -3.37. The van der Waals surface area contributed by atoms with Gasteiger partial charge in [0.25, 0.3) is 0 Å². The zero-order valence-electron chi connectivity index (χ0n) is 17.7. The Balaban J connectivity index is 1.49. The Kier molecular flexibility index (Phi) is 6.40. The highest BCUT2D eigenvalue weighted by molar-refractivity contribution is 7.97. The van der Waals surface area contributed by atoms with Crippen molar-refractivity contribution in [1.29, 1.82) is 0 Å². The van der Waals surface area contributed by atoms with Crippen molar-refractivity contribution in [2.75, 3.05) is 18.0 Å². The molecule has 1 unspecified atom stereocenters. The van der Waals surface area contributed by atoms with Crippen LogP contribution in [0.15, 0.2) is 41.3 Å². The molecule has 1 fully saturated rings. The molecule has 0 spiro atoms. The molecule has 4 nitrogen and oxygen atoms in total. The number of hydrogen-bond donors (Lipinski definition) is 1. The lowest BCUT2D eigenvalue weighted by molar-refractivity contribution is -0.141. The minimum Gasteiger partial charge on any atom is -0.481 e. The summed E-state index contributed by atoms with van der Waals surface area (Å²) in [5.74, 6) is -1.13. The van der Waals surface area contributed by atoms with Crippen LogP contribution in [0.1, 0.15) is 30.5 Å². The van der Waals surface area contributed by atoms with Crippen molar-refractivity contribution in [2.24, 2.45) is 5.92 Å². The number of benzene rings is 2. The van der Waals surface area contributed by atoms with Gasteiger partial charge in [0.2, 0.25) is 0 Å². The maximum Gasteiger partial charge on any atom is 0.417 e. The number of alkyl halides is 3. The third-order valence-electron chi connectivity index (χ3n) is 6.16. The Morgan fingerprint density at radius 2 is 1.81 bits per heavy atom. The van der Waals surface area contributed by atoms with Crippen LogP contribution < -0.4 is 4.90 Å². The zero-order chi connectivity index (χ0) is 23.2. The number of halogens is 4. The van der Waals surface area contributed by atoms with Gasteiger partial charge in [-0.25, -0.2) is 4.31 Å². The molecule has 0 amide bonds. The van der Waals surface area contributed by atoms with Gasteiger partial charge >= 0.3 is 12.1 Å². The molecule has 2 aliphatic rings. The average molecular weight is 485 g/mol. The predicted molar refractivity (Wildman–Crippen MR) is 120 cm³/mol. The minimum absolute atomic E-state index is 0.123. The quantitative estimate of drug-likeness (QED) is 0.558. The highest BCUT2D eigenvalue weighted by atomic mass is 35.5. The zero-order valence-corrected chi connectivity index (χ0v) is 19.3. The summed E-state index contributed by atoms with van der Waals surface area (Å²) in [4.78, 5) is 14.6. The van der Waals surface area contributed by atoms with Crippen LogP contribution in [0.4, 0.5) is 18.9 Å². The van der Waals surface area contributed by atoms with Crippen molar-refractivity contribution in [2.45, 2.75) is 49.8 Å². The molecule has 0 aromatic heterocycles. The van der Waals surface area contributed by atoms with Crippen LogP contribution in [0.5, 0.6) is 0 Å². The number of carbonyl (C=O) groups is 1. The highest BCUT2D eigenvalue weighted by Crippen LogP contribution is 2.40. The molecule has 0 saturated carbocycles. The molecule has 0 bridgehead atoms. The van der Waals surface area contributed by atoms with Gasteiger partial charge in [-0.2, -0.15) is 13.2 Å². The largest absolute Gasteiger partial charge is 0.481 e. The van der Waals surface area contributed by atoms with E-state index >= 15 is 0 Å². The van der Waals surface area contributed by atoms with E-state index < -0.39 is 17.7 Å². The second-order valence-electron chi connectivity index (χ2n) is 8.55. The van der Waals surface area contributed by atoms with E-state index in [1.807, 2.05) is 18.2 Å². The second kappa shape index (κ2) is 8.80. The summed E-state index contributed by atoms with van der Waals surface area (Å²) in [6, 6.07) is 10.2. The number of anilines is 1. The van der Waals surface area contributed by atoms with Gasteiger partial charge in [0.05, 0.1) is 16.5 Å². The minimum atomic E-state index is -4.47. The number of rotatable bonds is 4. The first kappa shape index (κ1) is 23.3. The molecule has 4 rings (SSSR count). The number of carboxylic acid groups (broad SMARTS) is 1. The van der Waals surface area contributed by atoms with Gasteiger partial charge in [0.1, 0.15) is 0 Å². The van der Waals surface area contributed by atoms with Crippen molar-refractivity contribution in [3.63, 3.8) is 0 Å². The van der Waals surface area contributed by atoms with Crippen LogP contribution in [0.3, 0.4) is 0 Å². The van der Waals surface area contributed by atoms with Gasteiger partial charge in [-0.3, -0.25) is 4.79 Å². The molecule has 2 aromatic carbocycles. The molecule has 32 heavy (non-hydrogen) atoms. The lowest BCUT2D eigenvalue weighted by atomic mass is 10.1. The maximum absolute atomic E-state index is 13.0. The summed E-state index contributed by atoms with van der Waals surface area (Å²) in [7, 11) is 0. The summed E-state index contributed by atoms with van der Waals surface area (Å²) < 4.78 is 41.4. The molecule has 2 aromatic rings. The van der Waals surface area contributed by atoms with Crippen molar-refractivity contribution in [3.8, 4) is 0 Å². The molecule has 0 radical (unpaired) electrons. The van der Waals surface area contributed by atoms with Crippen LogP contribution in [0, 0.1) is 5.92 Å². The van der Waals surface area contributed by atoms with E-state index in [9.17, 15) is 23.1 Å². The average Bonchev–Trinajstić information content (AvgIpc) is 3.15. The fourth-order valence-corrected chi connectivity index (χ4v) is 6.09. The Bertz CT molecular complexity index is 1020. The Morgan fingerprint density at radius 3 is 2.41 bits per heavy atom. The lowest BCUT2D eigenvalue weighted by Crippen LogP contribution is -2.53. The van der Waals surface area contributed by atoms with Crippen molar-refractivity contribution < 1.29 is 23.1 Å². The third kappa shape index (κ3) is 4.58. The van der Waals surface area contributed by atoms with Crippen molar-refractivity contribution >= 4 is 35.2 Å². The molecule has 3 atom stereocenters. The van der Waals surface area contributed by atoms with E-state index in [4.69, 9.17) is 11.6 Å². The molecule has 1 N–H and O–H groups in total. The number of hydrogen-bond acceptors (Lipinski definition) is 4. The van der Waals surface area contributed by atoms with E-state index in [0.29, 0.717) is 31.6 Å². The highest BCUT2D eigenvalue weighted by Gasteiger charge is 2.36. The molecular formula is C23H24ClF3N2O2S. The van der Waals surface area contributed by atoms with E-state index in [1.165, 1.54) is 12.1 Å². The fourth-order valence-electron chi connectivity index (χ4n) is 4.62. The Morgan fingerprint density at radius 1 is 1.12 bits per heavy atom. The Labute approximate surface area is 194 Å². The maximum atomic E-state index is 13.0. The molecular weight excluding hydrogens is 461 g/mol. The number of fused-ring (bicyclic) bond motifs is 1. The number of nitrogens with zero attached hydrogens (tertiary/aromatic N) is 2. The van der Waals surface area contributed by atoms with Gasteiger partial charge in [-0.1, -0.05) is 23.7 Å². The Hall–Kier alpha value is -1.90. The van der Waals surface area contributed by atoms with Gasteiger partial charge < -0.3 is 10.0 Å². The summed E-state index contributed by atoms with van der Waals surface area (Å²) in [5, 5.41) is 9.11. The van der Waals surface area contributed by atoms with Crippen LogP contribution in [0.2, 0.25) is 5.02 Å². The first-order chi connectivity index (χ1) is 15.0. The number of piperazine rings is 1. The van der Waals surface area contributed by atoms with Gasteiger partial charge in [-0.15, -0.1) is 0 Å². The normalized spacial score (nSPS) is 23.9. The second-order valence-corrected chi connectivity index (χ2v) is 10.0. The lowest BCUT2D eigenvalue weighted by Gasteiger charge is -2.44. The SMILES string of the molecule is C[C@@H]1CN(c2ccc(C(F)(F)F)c(Cl)c2)C[C@H](C)N1Sc1cccc2c1CC(C(=O)O)C2. The fraction of sp³-hybridized carbons (Fsp3) is 0.435. The first-order valence-corrected chi connectivity index (χ1v) is 11.6. The topological polar surface area (TPSA) is 43.8 Å². The summed E-state index contributed by atoms with van der Waals surface area (Å²) in [6.45, 7) is 5.47.